The number of hydrogen-bond acceptors (Lipinski definition) is 2. The van der Waals surface area contributed by atoms with Crippen LogP contribution in [-0.4, -0.2) is 24.1 Å². The van der Waals surface area contributed by atoms with Crippen LogP contribution in [0.2, 0.25) is 0 Å². The number of ether oxygens (including phenoxy) is 1. The van der Waals surface area contributed by atoms with Gasteiger partial charge in [0.1, 0.15) is 5.75 Å². The molecule has 0 saturated carbocycles. The number of benzene rings is 1. The molecule has 0 fully saturated rings. The summed E-state index contributed by atoms with van der Waals surface area (Å²) in [6.45, 7) is 3.50. The Kier molecular flexibility index (Phi) is 4.44. The minimum atomic E-state index is 0.0558. The molecule has 0 aliphatic carbocycles. The fourth-order valence-corrected chi connectivity index (χ4v) is 2.08. The zero-order valence-corrected chi connectivity index (χ0v) is 11.5. The van der Waals surface area contributed by atoms with E-state index < -0.39 is 0 Å². The van der Waals surface area contributed by atoms with Crippen molar-refractivity contribution in [1.82, 2.24) is 9.88 Å². The summed E-state index contributed by atoms with van der Waals surface area (Å²) in [5.41, 5.74) is 1.11. The Bertz CT molecular complexity index is 560. The molecule has 0 bridgehead atoms. The molecule has 0 aliphatic rings. The second-order valence-electron chi connectivity index (χ2n) is 4.47. The van der Waals surface area contributed by atoms with E-state index in [1.165, 1.54) is 0 Å². The summed E-state index contributed by atoms with van der Waals surface area (Å²) >= 11 is 0. The van der Waals surface area contributed by atoms with Crippen LogP contribution in [-0.2, 0) is 11.3 Å². The van der Waals surface area contributed by atoms with E-state index in [2.05, 4.69) is 22.9 Å². The first-order chi connectivity index (χ1) is 9.26. The smallest absolute Gasteiger partial charge is 0.221 e. The number of amides is 1. The lowest BCUT2D eigenvalue weighted by molar-refractivity contribution is -0.120. The topological polar surface area (TPSA) is 43.3 Å². The normalized spacial score (nSPS) is 10.6. The van der Waals surface area contributed by atoms with E-state index >= 15 is 0 Å². The zero-order chi connectivity index (χ0) is 13.7. The summed E-state index contributed by atoms with van der Waals surface area (Å²) in [5.74, 6) is 0.971. The second-order valence-corrected chi connectivity index (χ2v) is 4.47. The van der Waals surface area contributed by atoms with E-state index in [1.807, 2.05) is 24.4 Å². The van der Waals surface area contributed by atoms with Gasteiger partial charge in [-0.25, -0.2) is 0 Å². The van der Waals surface area contributed by atoms with E-state index in [4.69, 9.17) is 4.74 Å². The standard InChI is InChI=1S/C15H20N2O2/c1-3-11-19-14-6-4-5-13-12(14)7-9-17(13)10-8-15(18)16-2/h4-7,9H,3,8,10-11H2,1-2H3,(H,16,18). The van der Waals surface area contributed by atoms with Crippen LogP contribution in [0.25, 0.3) is 10.9 Å². The van der Waals surface area contributed by atoms with Crippen molar-refractivity contribution in [3.05, 3.63) is 30.5 Å². The lowest BCUT2D eigenvalue weighted by Crippen LogP contribution is -2.19. The highest BCUT2D eigenvalue weighted by Crippen LogP contribution is 2.26. The predicted molar refractivity (Wildman–Crippen MR) is 76.4 cm³/mol. The average molecular weight is 260 g/mol. The monoisotopic (exact) mass is 260 g/mol. The first kappa shape index (κ1) is 13.5. The molecular formula is C15H20N2O2. The summed E-state index contributed by atoms with van der Waals surface area (Å²) in [5, 5.41) is 3.74. The Morgan fingerprint density at radius 3 is 2.95 bits per heavy atom. The van der Waals surface area contributed by atoms with Gasteiger partial charge in [0.15, 0.2) is 0 Å². The maximum absolute atomic E-state index is 11.3. The van der Waals surface area contributed by atoms with E-state index in [0.717, 1.165) is 29.7 Å². The van der Waals surface area contributed by atoms with Gasteiger partial charge in [-0.05, 0) is 24.6 Å². The summed E-state index contributed by atoms with van der Waals surface area (Å²) in [6.07, 6.45) is 3.49. The van der Waals surface area contributed by atoms with Crippen molar-refractivity contribution in [2.75, 3.05) is 13.7 Å². The summed E-state index contributed by atoms with van der Waals surface area (Å²) in [6, 6.07) is 8.08. The van der Waals surface area contributed by atoms with Crippen molar-refractivity contribution >= 4 is 16.8 Å². The van der Waals surface area contributed by atoms with E-state index in [1.54, 1.807) is 7.05 Å². The van der Waals surface area contributed by atoms with Gasteiger partial charge in [-0.2, -0.15) is 0 Å². The lowest BCUT2D eigenvalue weighted by atomic mass is 10.2. The molecule has 0 saturated heterocycles. The molecule has 1 aromatic heterocycles. The third kappa shape index (κ3) is 3.08. The summed E-state index contributed by atoms with van der Waals surface area (Å²) in [4.78, 5) is 11.3. The number of hydrogen-bond donors (Lipinski definition) is 1. The predicted octanol–water partition coefficient (Wildman–Crippen LogP) is 2.57. The third-order valence-corrected chi connectivity index (χ3v) is 3.09. The van der Waals surface area contributed by atoms with Gasteiger partial charge in [0.05, 0.1) is 12.1 Å². The summed E-state index contributed by atoms with van der Waals surface area (Å²) < 4.78 is 7.82. The van der Waals surface area contributed by atoms with Crippen LogP contribution in [0.4, 0.5) is 0 Å². The Balaban J connectivity index is 2.20. The largest absolute Gasteiger partial charge is 0.493 e. The Hall–Kier alpha value is -1.97. The van der Waals surface area contributed by atoms with Crippen LogP contribution in [0.15, 0.2) is 30.5 Å². The molecule has 0 unspecified atom stereocenters. The van der Waals surface area contributed by atoms with Crippen LogP contribution >= 0.6 is 0 Å². The molecule has 4 heteroatoms. The van der Waals surface area contributed by atoms with Gasteiger partial charge in [0.2, 0.25) is 5.91 Å². The number of carbonyl (C=O) groups excluding carboxylic acids is 1. The first-order valence-electron chi connectivity index (χ1n) is 6.67. The number of aromatic nitrogens is 1. The maximum Gasteiger partial charge on any atom is 0.221 e. The highest BCUT2D eigenvalue weighted by molar-refractivity contribution is 5.86. The molecule has 102 valence electrons. The highest BCUT2D eigenvalue weighted by Gasteiger charge is 2.07. The molecule has 0 aliphatic heterocycles. The molecule has 1 heterocycles. The number of aryl methyl sites for hydroxylation is 1. The van der Waals surface area contributed by atoms with Crippen LogP contribution in [0, 0.1) is 0 Å². The molecule has 0 spiro atoms. The van der Waals surface area contributed by atoms with Crippen molar-refractivity contribution < 1.29 is 9.53 Å². The van der Waals surface area contributed by atoms with Crippen molar-refractivity contribution in [3.63, 3.8) is 0 Å². The number of carbonyl (C=O) groups is 1. The number of fused-ring (bicyclic) bond motifs is 1. The molecule has 2 aromatic rings. The van der Waals surface area contributed by atoms with Crippen LogP contribution in [0.3, 0.4) is 0 Å². The Morgan fingerprint density at radius 2 is 2.21 bits per heavy atom. The molecule has 1 amide bonds. The second kappa shape index (κ2) is 6.27. The molecule has 1 aromatic carbocycles. The highest BCUT2D eigenvalue weighted by atomic mass is 16.5. The molecule has 1 N–H and O–H groups in total. The quantitative estimate of drug-likeness (QED) is 0.867. The molecule has 19 heavy (non-hydrogen) atoms. The van der Waals surface area contributed by atoms with Crippen molar-refractivity contribution in [3.8, 4) is 5.75 Å². The fourth-order valence-electron chi connectivity index (χ4n) is 2.08. The maximum atomic E-state index is 11.3. The molecule has 0 radical (unpaired) electrons. The van der Waals surface area contributed by atoms with Gasteiger partial charge in [-0.3, -0.25) is 4.79 Å². The molecule has 4 nitrogen and oxygen atoms in total. The van der Waals surface area contributed by atoms with Gasteiger partial charge < -0.3 is 14.6 Å². The van der Waals surface area contributed by atoms with Crippen LogP contribution < -0.4 is 10.1 Å². The SMILES string of the molecule is CCCOc1cccc2c1ccn2CCC(=O)NC. The zero-order valence-electron chi connectivity index (χ0n) is 11.5. The van der Waals surface area contributed by atoms with Crippen LogP contribution in [0.5, 0.6) is 5.75 Å². The number of nitrogens with one attached hydrogen (secondary N) is 1. The average Bonchev–Trinajstić information content (AvgIpc) is 2.86. The molecular weight excluding hydrogens is 240 g/mol. The molecule has 2 rings (SSSR count). The summed E-state index contributed by atoms with van der Waals surface area (Å²) in [7, 11) is 1.66. The van der Waals surface area contributed by atoms with E-state index in [-0.39, 0.29) is 5.91 Å². The van der Waals surface area contributed by atoms with Crippen LogP contribution in [0.1, 0.15) is 19.8 Å². The van der Waals surface area contributed by atoms with E-state index in [0.29, 0.717) is 13.0 Å². The van der Waals surface area contributed by atoms with Crippen molar-refractivity contribution in [2.45, 2.75) is 26.3 Å². The number of nitrogens with zero attached hydrogens (tertiary/aromatic N) is 1. The van der Waals surface area contributed by atoms with Gasteiger partial charge in [0, 0.05) is 31.6 Å². The van der Waals surface area contributed by atoms with E-state index in [9.17, 15) is 4.79 Å². The van der Waals surface area contributed by atoms with Gasteiger partial charge in [-0.15, -0.1) is 0 Å². The van der Waals surface area contributed by atoms with Gasteiger partial charge >= 0.3 is 0 Å². The van der Waals surface area contributed by atoms with Crippen molar-refractivity contribution in [1.29, 1.82) is 0 Å². The third-order valence-electron chi connectivity index (χ3n) is 3.09. The minimum absolute atomic E-state index is 0.0558. The molecule has 0 atom stereocenters. The Labute approximate surface area is 113 Å². The lowest BCUT2D eigenvalue weighted by Gasteiger charge is -2.08. The first-order valence-corrected chi connectivity index (χ1v) is 6.67. The fraction of sp³-hybridized carbons (Fsp3) is 0.400. The van der Waals surface area contributed by atoms with Gasteiger partial charge in [-0.1, -0.05) is 13.0 Å². The van der Waals surface area contributed by atoms with Crippen molar-refractivity contribution in [2.24, 2.45) is 0 Å². The minimum Gasteiger partial charge on any atom is -0.493 e. The number of rotatable bonds is 6. The Morgan fingerprint density at radius 1 is 1.37 bits per heavy atom. The van der Waals surface area contributed by atoms with Gasteiger partial charge in [0.25, 0.3) is 0 Å².